The summed E-state index contributed by atoms with van der Waals surface area (Å²) < 4.78 is 34.6. The summed E-state index contributed by atoms with van der Waals surface area (Å²) in [4.78, 5) is 25.1. The molecule has 0 bridgehead atoms. The number of quaternary nitrogens is 1. The first kappa shape index (κ1) is 54.7. The number of hydrogen-bond acceptors (Lipinski definition) is 7. The van der Waals surface area contributed by atoms with Crippen LogP contribution in [0, 0.1) is 0 Å². The number of nitrogens with zero attached hydrogens (tertiary/aromatic N) is 1. The minimum atomic E-state index is -4.54. The fourth-order valence-electron chi connectivity index (χ4n) is 5.55. The van der Waals surface area contributed by atoms with Crippen molar-refractivity contribution in [1.82, 2.24) is 0 Å². The van der Waals surface area contributed by atoms with Gasteiger partial charge in [0.25, 0.3) is 7.82 Å². The number of phosphoric ester groups is 1. The number of carbonyl (C=O) groups excluding carboxylic acids is 1. The van der Waals surface area contributed by atoms with Gasteiger partial charge in [0.05, 0.1) is 34.4 Å². The third-order valence-corrected chi connectivity index (χ3v) is 9.91. The number of esters is 1. The van der Waals surface area contributed by atoms with Crippen LogP contribution < -0.4 is 4.89 Å². The second-order valence-corrected chi connectivity index (χ2v) is 17.1. The Morgan fingerprint density at radius 1 is 0.544 bits per heavy atom. The van der Waals surface area contributed by atoms with Gasteiger partial charge < -0.3 is 27.9 Å². The van der Waals surface area contributed by atoms with Crippen molar-refractivity contribution in [2.75, 3.05) is 54.1 Å². The molecule has 0 rings (SSSR count). The van der Waals surface area contributed by atoms with Crippen LogP contribution in [0.25, 0.3) is 0 Å². The molecule has 0 radical (unpaired) electrons. The first-order valence-corrected chi connectivity index (χ1v) is 23.8. The van der Waals surface area contributed by atoms with Gasteiger partial charge in [-0.2, -0.15) is 0 Å². The molecule has 0 aliphatic rings. The molecule has 0 aromatic carbocycles. The summed E-state index contributed by atoms with van der Waals surface area (Å²) >= 11 is 0. The van der Waals surface area contributed by atoms with Gasteiger partial charge in [0, 0.05) is 13.0 Å². The molecular weight excluding hydrogens is 734 g/mol. The average molecular weight is 818 g/mol. The maximum atomic E-state index is 12.7. The smallest absolute Gasteiger partial charge is 0.306 e. The monoisotopic (exact) mass is 818 g/mol. The summed E-state index contributed by atoms with van der Waals surface area (Å²) in [5, 5.41) is 0. The molecule has 0 fully saturated rings. The van der Waals surface area contributed by atoms with Gasteiger partial charge in [-0.05, 0) is 83.5 Å². The number of rotatable bonds is 40. The molecular formula is C48H84NO7P. The van der Waals surface area contributed by atoms with E-state index in [4.69, 9.17) is 18.5 Å². The molecule has 0 N–H and O–H groups in total. The van der Waals surface area contributed by atoms with Crippen LogP contribution in [-0.2, 0) is 27.9 Å². The molecule has 0 heterocycles. The largest absolute Gasteiger partial charge is 0.756 e. The predicted molar refractivity (Wildman–Crippen MR) is 240 cm³/mol. The fourth-order valence-corrected chi connectivity index (χ4v) is 6.28. The lowest BCUT2D eigenvalue weighted by atomic mass is 10.1. The van der Waals surface area contributed by atoms with Crippen molar-refractivity contribution in [2.45, 2.75) is 161 Å². The van der Waals surface area contributed by atoms with Gasteiger partial charge >= 0.3 is 5.97 Å². The van der Waals surface area contributed by atoms with E-state index in [0.717, 1.165) is 103 Å². The zero-order chi connectivity index (χ0) is 42.0. The van der Waals surface area contributed by atoms with Crippen LogP contribution in [0.5, 0.6) is 0 Å². The molecule has 0 saturated heterocycles. The number of hydrogen-bond donors (Lipinski definition) is 0. The Bertz CT molecular complexity index is 1180. The molecule has 0 amide bonds. The second kappa shape index (κ2) is 40.5. The minimum Gasteiger partial charge on any atom is -0.756 e. The molecule has 0 aliphatic heterocycles. The summed E-state index contributed by atoms with van der Waals surface area (Å²) in [5.74, 6) is -0.364. The van der Waals surface area contributed by atoms with Crippen LogP contribution in [0.1, 0.15) is 155 Å². The van der Waals surface area contributed by atoms with Crippen LogP contribution in [0.4, 0.5) is 0 Å². The van der Waals surface area contributed by atoms with E-state index in [9.17, 15) is 14.3 Å². The lowest BCUT2D eigenvalue weighted by Gasteiger charge is -2.28. The highest BCUT2D eigenvalue weighted by Gasteiger charge is 2.20. The van der Waals surface area contributed by atoms with Gasteiger partial charge in [-0.3, -0.25) is 9.36 Å². The first-order chi connectivity index (χ1) is 27.6. The molecule has 57 heavy (non-hydrogen) atoms. The van der Waals surface area contributed by atoms with E-state index < -0.39 is 13.9 Å². The zero-order valence-corrected chi connectivity index (χ0v) is 37.9. The average Bonchev–Trinajstić information content (AvgIpc) is 3.16. The van der Waals surface area contributed by atoms with E-state index in [1.165, 1.54) is 32.1 Å². The number of phosphoric acid groups is 1. The Kier molecular flexibility index (Phi) is 38.8. The van der Waals surface area contributed by atoms with Crippen molar-refractivity contribution in [3.63, 3.8) is 0 Å². The Hall–Kier alpha value is -2.32. The van der Waals surface area contributed by atoms with Crippen LogP contribution in [-0.4, -0.2) is 70.7 Å². The van der Waals surface area contributed by atoms with E-state index >= 15 is 0 Å². The van der Waals surface area contributed by atoms with Gasteiger partial charge in [-0.25, -0.2) is 0 Å². The minimum absolute atomic E-state index is 0.0146. The highest BCUT2D eigenvalue weighted by atomic mass is 31.2. The summed E-state index contributed by atoms with van der Waals surface area (Å²) in [7, 11) is 1.32. The zero-order valence-electron chi connectivity index (χ0n) is 37.0. The summed E-state index contributed by atoms with van der Waals surface area (Å²) in [6.07, 6.45) is 53.1. The topological polar surface area (TPSA) is 94.1 Å². The van der Waals surface area contributed by atoms with Gasteiger partial charge in [0.2, 0.25) is 0 Å². The third-order valence-electron chi connectivity index (χ3n) is 8.94. The Labute approximate surface area is 350 Å². The van der Waals surface area contributed by atoms with E-state index in [0.29, 0.717) is 17.6 Å². The maximum Gasteiger partial charge on any atom is 0.306 e. The Morgan fingerprint density at radius 3 is 1.44 bits per heavy atom. The van der Waals surface area contributed by atoms with Crippen molar-refractivity contribution < 1.29 is 37.3 Å². The standard InChI is InChI=1S/C48H84NO7P/c1-6-8-10-12-14-16-18-20-22-24-26-28-30-32-34-36-38-40-43-53-45-47(46-55-57(51,52)54-44-42-49(3,4)5)56-48(50)41-39-37-35-33-31-29-27-25-23-21-19-17-15-13-11-9-7-2/h8-11,14-17,20-23,27,29,47H,6-7,12-13,18-19,24-26,28,30-46H2,1-5H3/b10-8-,11-9-,16-14-,17-15-,22-20-,23-21-,29-27-. The predicted octanol–water partition coefficient (Wildman–Crippen LogP) is 12.6. The van der Waals surface area contributed by atoms with Crippen LogP contribution in [0.15, 0.2) is 85.1 Å². The molecule has 0 spiro atoms. The van der Waals surface area contributed by atoms with E-state index in [-0.39, 0.29) is 32.2 Å². The summed E-state index contributed by atoms with van der Waals surface area (Å²) in [5.41, 5.74) is 0. The molecule has 9 heteroatoms. The molecule has 2 atom stereocenters. The van der Waals surface area contributed by atoms with Gasteiger partial charge in [-0.15, -0.1) is 0 Å². The van der Waals surface area contributed by atoms with E-state index in [2.05, 4.69) is 98.9 Å². The van der Waals surface area contributed by atoms with Gasteiger partial charge in [0.15, 0.2) is 0 Å². The number of allylic oxidation sites excluding steroid dienone is 14. The van der Waals surface area contributed by atoms with Gasteiger partial charge in [-0.1, -0.05) is 150 Å². The van der Waals surface area contributed by atoms with Crippen LogP contribution in [0.3, 0.4) is 0 Å². The number of unbranched alkanes of at least 4 members (excludes halogenated alkanes) is 12. The quantitative estimate of drug-likeness (QED) is 0.0200. The van der Waals surface area contributed by atoms with Gasteiger partial charge in [0.1, 0.15) is 19.3 Å². The number of ether oxygens (including phenoxy) is 2. The molecule has 8 nitrogen and oxygen atoms in total. The SMILES string of the molecule is CC/C=C\C/C=C\C/C=C\C/C=C\CCCCCCC(=O)OC(COCCCCCCCCCC/C=C\C/C=C\C/C=C\CC)COP(=O)([O-])OCC[N+](C)(C)C. The fraction of sp³-hybridized carbons (Fsp3) is 0.688. The number of likely N-dealkylation sites (N-methyl/N-ethyl adjacent to an activating group) is 1. The second-order valence-electron chi connectivity index (χ2n) is 15.6. The molecule has 328 valence electrons. The summed E-state index contributed by atoms with van der Waals surface area (Å²) in [6, 6.07) is 0. The first-order valence-electron chi connectivity index (χ1n) is 22.3. The molecule has 0 aromatic heterocycles. The molecule has 0 aromatic rings. The lowest BCUT2D eigenvalue weighted by molar-refractivity contribution is -0.870. The molecule has 2 unspecified atom stereocenters. The van der Waals surface area contributed by atoms with Crippen molar-refractivity contribution in [3.05, 3.63) is 85.1 Å². The molecule has 0 saturated carbocycles. The van der Waals surface area contributed by atoms with Crippen molar-refractivity contribution in [1.29, 1.82) is 0 Å². The third kappa shape index (κ3) is 44.6. The van der Waals surface area contributed by atoms with Crippen molar-refractivity contribution in [3.8, 4) is 0 Å². The molecule has 0 aliphatic carbocycles. The highest BCUT2D eigenvalue weighted by molar-refractivity contribution is 7.45. The summed E-state index contributed by atoms with van der Waals surface area (Å²) in [6.45, 7) is 5.11. The van der Waals surface area contributed by atoms with Crippen LogP contribution in [0.2, 0.25) is 0 Å². The lowest BCUT2D eigenvalue weighted by Crippen LogP contribution is -2.37. The van der Waals surface area contributed by atoms with Crippen molar-refractivity contribution in [2.24, 2.45) is 0 Å². The van der Waals surface area contributed by atoms with E-state index in [1.54, 1.807) is 0 Å². The Balaban J connectivity index is 4.30. The van der Waals surface area contributed by atoms with Crippen LogP contribution >= 0.6 is 7.82 Å². The highest BCUT2D eigenvalue weighted by Crippen LogP contribution is 2.38. The maximum absolute atomic E-state index is 12.7. The van der Waals surface area contributed by atoms with E-state index in [1.807, 2.05) is 21.1 Å². The Morgan fingerprint density at radius 2 is 0.965 bits per heavy atom. The number of carbonyl (C=O) groups is 1. The van der Waals surface area contributed by atoms with Crippen molar-refractivity contribution >= 4 is 13.8 Å². The normalized spacial score (nSPS) is 14.6.